The minimum absolute atomic E-state index is 1.23. The van der Waals surface area contributed by atoms with Crippen LogP contribution in [0.4, 0.5) is 0 Å². The Kier molecular flexibility index (Phi) is 3.08. The maximum atomic E-state index is 4.73. The molecule has 1 heteroatoms. The number of aryl methyl sites for hydroxylation is 2. The van der Waals surface area contributed by atoms with Gasteiger partial charge < -0.3 is 0 Å². The van der Waals surface area contributed by atoms with E-state index >= 15 is 0 Å². The maximum Gasteiger partial charge on any atom is 0.0441 e. The van der Waals surface area contributed by atoms with Crippen molar-refractivity contribution in [3.63, 3.8) is 0 Å². The summed E-state index contributed by atoms with van der Waals surface area (Å²) in [4.78, 5) is 4.73. The second-order valence-electron chi connectivity index (χ2n) is 4.29. The van der Waals surface area contributed by atoms with Crippen molar-refractivity contribution in [3.05, 3.63) is 28.1 Å². The third-order valence-electron chi connectivity index (χ3n) is 3.51. The first-order valence-corrected chi connectivity index (χ1v) is 6.36. The zero-order chi connectivity index (χ0) is 10.8. The van der Waals surface area contributed by atoms with Gasteiger partial charge in [-0.3, -0.25) is 4.98 Å². The highest BCUT2D eigenvalue weighted by atomic mass is 14.7. The molecule has 1 heterocycles. The van der Waals surface area contributed by atoms with Crippen molar-refractivity contribution < 1.29 is 0 Å². The lowest BCUT2D eigenvalue weighted by Crippen LogP contribution is -2.00. The monoisotopic (exact) mass is 203 g/mol. The van der Waals surface area contributed by atoms with Gasteiger partial charge in [-0.1, -0.05) is 13.8 Å². The van der Waals surface area contributed by atoms with Gasteiger partial charge in [-0.2, -0.15) is 0 Å². The zero-order valence-electron chi connectivity index (χ0n) is 10.2. The Balaban J connectivity index is 0.000000404. The Hall–Kier alpha value is -0.850. The van der Waals surface area contributed by atoms with Crippen LogP contribution in [-0.2, 0) is 25.7 Å². The molecule has 15 heavy (non-hydrogen) atoms. The number of hydrogen-bond donors (Lipinski definition) is 0. The smallest absolute Gasteiger partial charge is 0.0441 e. The molecule has 1 aromatic rings. The minimum atomic E-state index is 1.23. The van der Waals surface area contributed by atoms with Crippen LogP contribution in [0.25, 0.3) is 0 Å². The molecule has 0 amide bonds. The lowest BCUT2D eigenvalue weighted by Gasteiger charge is -2.09. The van der Waals surface area contributed by atoms with E-state index in [0.717, 1.165) is 0 Å². The number of nitrogens with zero attached hydrogens (tertiary/aromatic N) is 1. The van der Waals surface area contributed by atoms with Crippen molar-refractivity contribution in [2.45, 2.75) is 59.3 Å². The topological polar surface area (TPSA) is 12.9 Å². The number of fused-ring (bicyclic) bond motifs is 3. The van der Waals surface area contributed by atoms with Gasteiger partial charge in [0, 0.05) is 11.4 Å². The van der Waals surface area contributed by atoms with Crippen LogP contribution in [0.15, 0.2) is 0 Å². The van der Waals surface area contributed by atoms with Crippen LogP contribution in [0.2, 0.25) is 0 Å². The van der Waals surface area contributed by atoms with E-state index in [1.165, 1.54) is 49.9 Å². The van der Waals surface area contributed by atoms with Crippen LogP contribution in [0.1, 0.15) is 54.8 Å². The molecule has 0 bridgehead atoms. The fraction of sp³-hybridized carbons (Fsp3) is 0.643. The first kappa shape index (κ1) is 10.7. The van der Waals surface area contributed by atoms with E-state index in [-0.39, 0.29) is 0 Å². The van der Waals surface area contributed by atoms with Crippen molar-refractivity contribution in [2.24, 2.45) is 0 Å². The molecule has 0 saturated carbocycles. The third-order valence-corrected chi connectivity index (χ3v) is 3.51. The predicted molar refractivity (Wildman–Crippen MR) is 64.4 cm³/mol. The summed E-state index contributed by atoms with van der Waals surface area (Å²) in [5.74, 6) is 0. The highest BCUT2D eigenvalue weighted by molar-refractivity contribution is 5.44. The van der Waals surface area contributed by atoms with E-state index in [1.54, 1.807) is 16.7 Å². The highest BCUT2D eigenvalue weighted by Gasteiger charge is 2.23. The Bertz CT molecular complexity index is 366. The second kappa shape index (κ2) is 4.34. The van der Waals surface area contributed by atoms with Crippen LogP contribution < -0.4 is 0 Å². The van der Waals surface area contributed by atoms with Crippen molar-refractivity contribution in [3.8, 4) is 0 Å². The van der Waals surface area contributed by atoms with Gasteiger partial charge in [0.25, 0.3) is 0 Å². The molecule has 0 unspecified atom stereocenters. The standard InChI is InChI=1S/C12H15N.C2H6/c1-8-9-4-2-5-10(9)11-6-3-7-12(11)13-8;1-2/h2-7H2,1H3;1-2H3. The largest absolute Gasteiger partial charge is 0.258 e. The molecule has 82 valence electrons. The average molecular weight is 203 g/mol. The zero-order valence-corrected chi connectivity index (χ0v) is 10.2. The molecule has 1 aromatic heterocycles. The van der Waals surface area contributed by atoms with Gasteiger partial charge in [0.15, 0.2) is 0 Å². The molecule has 2 aliphatic carbocycles. The minimum Gasteiger partial charge on any atom is -0.258 e. The Morgan fingerprint density at radius 3 is 2.20 bits per heavy atom. The molecule has 0 radical (unpaired) electrons. The molecular weight excluding hydrogens is 182 g/mol. The van der Waals surface area contributed by atoms with Gasteiger partial charge in [-0.05, 0) is 62.1 Å². The number of rotatable bonds is 0. The molecule has 0 saturated heterocycles. The Morgan fingerprint density at radius 1 is 0.800 bits per heavy atom. The molecule has 1 nitrogen and oxygen atoms in total. The normalized spacial score (nSPS) is 16.7. The van der Waals surface area contributed by atoms with E-state index < -0.39 is 0 Å². The fourth-order valence-corrected chi connectivity index (χ4v) is 2.92. The second-order valence-corrected chi connectivity index (χ2v) is 4.29. The summed E-state index contributed by atoms with van der Waals surface area (Å²) < 4.78 is 0. The third kappa shape index (κ3) is 1.68. The summed E-state index contributed by atoms with van der Waals surface area (Å²) in [7, 11) is 0. The van der Waals surface area contributed by atoms with Crippen LogP contribution in [0.5, 0.6) is 0 Å². The fourth-order valence-electron chi connectivity index (χ4n) is 2.92. The molecule has 0 atom stereocenters. The van der Waals surface area contributed by atoms with E-state index in [2.05, 4.69) is 6.92 Å². The number of pyridine rings is 1. The summed E-state index contributed by atoms with van der Waals surface area (Å²) in [6, 6.07) is 0. The van der Waals surface area contributed by atoms with Crippen molar-refractivity contribution in [2.75, 3.05) is 0 Å². The van der Waals surface area contributed by atoms with Gasteiger partial charge in [-0.15, -0.1) is 0 Å². The molecule has 3 rings (SSSR count). The van der Waals surface area contributed by atoms with Crippen LogP contribution in [-0.4, -0.2) is 4.98 Å². The Labute approximate surface area is 92.9 Å². The summed E-state index contributed by atoms with van der Waals surface area (Å²) in [5, 5.41) is 0. The molecular formula is C14H21N. The van der Waals surface area contributed by atoms with E-state index in [4.69, 9.17) is 4.98 Å². The van der Waals surface area contributed by atoms with Crippen LogP contribution in [0.3, 0.4) is 0 Å². The molecule has 2 aliphatic rings. The SMILES string of the molecule is CC.Cc1nc2c(c3c1CCC3)CCC2. The maximum absolute atomic E-state index is 4.73. The van der Waals surface area contributed by atoms with Gasteiger partial charge in [0.05, 0.1) is 0 Å². The molecule has 0 fully saturated rings. The number of aromatic nitrogens is 1. The number of hydrogen-bond acceptors (Lipinski definition) is 1. The molecule has 0 aliphatic heterocycles. The molecule has 0 aromatic carbocycles. The van der Waals surface area contributed by atoms with Gasteiger partial charge in [-0.25, -0.2) is 0 Å². The first-order chi connectivity index (χ1) is 7.36. The van der Waals surface area contributed by atoms with Gasteiger partial charge >= 0.3 is 0 Å². The molecule has 0 N–H and O–H groups in total. The Morgan fingerprint density at radius 2 is 1.40 bits per heavy atom. The summed E-state index contributed by atoms with van der Waals surface area (Å²) in [5.41, 5.74) is 7.62. The van der Waals surface area contributed by atoms with Crippen LogP contribution >= 0.6 is 0 Å². The van der Waals surface area contributed by atoms with Crippen molar-refractivity contribution in [1.82, 2.24) is 4.98 Å². The van der Waals surface area contributed by atoms with Crippen LogP contribution in [0, 0.1) is 6.92 Å². The van der Waals surface area contributed by atoms with E-state index in [9.17, 15) is 0 Å². The highest BCUT2D eigenvalue weighted by Crippen LogP contribution is 2.33. The van der Waals surface area contributed by atoms with Crippen molar-refractivity contribution >= 4 is 0 Å². The van der Waals surface area contributed by atoms with Gasteiger partial charge in [0.1, 0.15) is 0 Å². The van der Waals surface area contributed by atoms with Crippen molar-refractivity contribution in [1.29, 1.82) is 0 Å². The predicted octanol–water partition coefficient (Wildman–Crippen LogP) is 3.39. The summed E-state index contributed by atoms with van der Waals surface area (Å²) in [6.45, 7) is 6.18. The lowest BCUT2D eigenvalue weighted by atomic mass is 10.0. The molecule has 0 spiro atoms. The summed E-state index contributed by atoms with van der Waals surface area (Å²) in [6.07, 6.45) is 7.81. The van der Waals surface area contributed by atoms with E-state index in [0.29, 0.717) is 0 Å². The first-order valence-electron chi connectivity index (χ1n) is 6.36. The summed E-state index contributed by atoms with van der Waals surface area (Å²) >= 11 is 0. The van der Waals surface area contributed by atoms with Gasteiger partial charge in [0.2, 0.25) is 0 Å². The quantitative estimate of drug-likeness (QED) is 0.630. The lowest BCUT2D eigenvalue weighted by molar-refractivity contribution is 0.877. The van der Waals surface area contributed by atoms with E-state index in [1.807, 2.05) is 13.8 Å². The average Bonchev–Trinajstić information content (AvgIpc) is 2.86.